The molecule has 1 aliphatic rings. The Kier molecular flexibility index (Phi) is 4.04. The van der Waals surface area contributed by atoms with Crippen LogP contribution in [0.15, 0.2) is 48.5 Å². The summed E-state index contributed by atoms with van der Waals surface area (Å²) in [5.74, 6) is -0.638. The minimum absolute atomic E-state index is 0.213. The lowest BCUT2D eigenvalue weighted by Gasteiger charge is -2.23. The molecule has 0 saturated heterocycles. The fraction of sp³-hybridized carbons (Fsp3) is 0.235. The van der Waals surface area contributed by atoms with Gasteiger partial charge < -0.3 is 10.2 Å². The molecular weight excluding hydrogens is 286 g/mol. The summed E-state index contributed by atoms with van der Waals surface area (Å²) >= 11 is 0. The lowest BCUT2D eigenvalue weighted by molar-refractivity contribution is 0.206. The number of carbonyl (C=O) groups is 1. The zero-order valence-corrected chi connectivity index (χ0v) is 11.9. The number of nitrogens with zero attached hydrogens (tertiary/aromatic N) is 1. The molecule has 3 nitrogen and oxygen atoms in total. The Morgan fingerprint density at radius 3 is 2.09 bits per heavy atom. The molecule has 2 amide bonds. The van der Waals surface area contributed by atoms with Crippen molar-refractivity contribution >= 4 is 11.7 Å². The van der Waals surface area contributed by atoms with E-state index in [1.807, 2.05) is 0 Å². The number of amides is 2. The minimum atomic E-state index is -0.344. The summed E-state index contributed by atoms with van der Waals surface area (Å²) < 4.78 is 25.8. The Bertz CT molecular complexity index is 651. The van der Waals surface area contributed by atoms with Crippen molar-refractivity contribution in [2.75, 3.05) is 5.32 Å². The molecule has 0 spiro atoms. The summed E-state index contributed by atoms with van der Waals surface area (Å²) in [6.45, 7) is 0.429. The van der Waals surface area contributed by atoms with E-state index in [-0.39, 0.29) is 23.7 Å². The lowest BCUT2D eigenvalue weighted by atomic mass is 10.2. The first-order chi connectivity index (χ1) is 10.6. The third-order valence-electron chi connectivity index (χ3n) is 3.61. The van der Waals surface area contributed by atoms with Gasteiger partial charge in [-0.25, -0.2) is 13.6 Å². The average molecular weight is 302 g/mol. The van der Waals surface area contributed by atoms with Gasteiger partial charge in [0.25, 0.3) is 0 Å². The molecule has 114 valence electrons. The number of hydrogen-bond acceptors (Lipinski definition) is 1. The number of hydrogen-bond donors (Lipinski definition) is 1. The highest BCUT2D eigenvalue weighted by atomic mass is 19.1. The maximum Gasteiger partial charge on any atom is 0.322 e. The summed E-state index contributed by atoms with van der Waals surface area (Å²) in [4.78, 5) is 14.1. The minimum Gasteiger partial charge on any atom is -0.317 e. The Hall–Kier alpha value is -2.43. The van der Waals surface area contributed by atoms with E-state index in [0.717, 1.165) is 18.4 Å². The average Bonchev–Trinajstić information content (AvgIpc) is 3.33. The van der Waals surface area contributed by atoms with Crippen molar-refractivity contribution in [2.45, 2.75) is 25.4 Å². The van der Waals surface area contributed by atoms with Crippen molar-refractivity contribution in [1.82, 2.24) is 4.90 Å². The van der Waals surface area contributed by atoms with Crippen LogP contribution in [0.25, 0.3) is 0 Å². The number of anilines is 1. The third-order valence-corrected chi connectivity index (χ3v) is 3.61. The summed E-state index contributed by atoms with van der Waals surface area (Å²) in [7, 11) is 0. The van der Waals surface area contributed by atoms with Gasteiger partial charge in [0, 0.05) is 18.3 Å². The molecule has 1 aliphatic carbocycles. The second kappa shape index (κ2) is 6.13. The van der Waals surface area contributed by atoms with Gasteiger partial charge in [0.2, 0.25) is 0 Å². The molecule has 0 bridgehead atoms. The predicted octanol–water partition coefficient (Wildman–Crippen LogP) is 4.16. The Labute approximate surface area is 127 Å². The van der Waals surface area contributed by atoms with Crippen molar-refractivity contribution in [2.24, 2.45) is 0 Å². The molecule has 22 heavy (non-hydrogen) atoms. The molecule has 0 aliphatic heterocycles. The summed E-state index contributed by atoms with van der Waals surface area (Å²) in [6, 6.07) is 11.8. The molecular formula is C17H16F2N2O. The lowest BCUT2D eigenvalue weighted by Crippen LogP contribution is -2.36. The Balaban J connectivity index is 1.69. The van der Waals surface area contributed by atoms with Gasteiger partial charge in [-0.3, -0.25) is 0 Å². The van der Waals surface area contributed by atoms with Crippen LogP contribution < -0.4 is 5.32 Å². The fourth-order valence-electron chi connectivity index (χ4n) is 2.27. The van der Waals surface area contributed by atoms with Crippen molar-refractivity contribution in [3.63, 3.8) is 0 Å². The van der Waals surface area contributed by atoms with Crippen LogP contribution in [0.5, 0.6) is 0 Å². The molecule has 5 heteroatoms. The van der Waals surface area contributed by atoms with Crippen LogP contribution >= 0.6 is 0 Å². The fourth-order valence-corrected chi connectivity index (χ4v) is 2.27. The number of urea groups is 1. The molecule has 0 aromatic heterocycles. The molecule has 1 saturated carbocycles. The van der Waals surface area contributed by atoms with E-state index in [2.05, 4.69) is 5.32 Å². The van der Waals surface area contributed by atoms with Gasteiger partial charge >= 0.3 is 6.03 Å². The zero-order valence-electron chi connectivity index (χ0n) is 11.9. The van der Waals surface area contributed by atoms with Gasteiger partial charge in [-0.05, 0) is 54.8 Å². The number of benzene rings is 2. The largest absolute Gasteiger partial charge is 0.322 e. The molecule has 1 fully saturated rings. The van der Waals surface area contributed by atoms with E-state index in [4.69, 9.17) is 0 Å². The van der Waals surface area contributed by atoms with Crippen LogP contribution in [0.4, 0.5) is 19.3 Å². The zero-order chi connectivity index (χ0) is 15.5. The van der Waals surface area contributed by atoms with Gasteiger partial charge in [-0.15, -0.1) is 0 Å². The highest BCUT2D eigenvalue weighted by Crippen LogP contribution is 2.29. The Morgan fingerprint density at radius 2 is 1.55 bits per heavy atom. The van der Waals surface area contributed by atoms with Crippen molar-refractivity contribution in [3.05, 3.63) is 65.7 Å². The first-order valence-corrected chi connectivity index (χ1v) is 7.19. The number of rotatable bonds is 4. The maximum absolute atomic E-state index is 13.0. The van der Waals surface area contributed by atoms with E-state index < -0.39 is 0 Å². The SMILES string of the molecule is O=C(Nc1ccc(F)cc1)N(Cc1ccc(F)cc1)C1CC1. The quantitative estimate of drug-likeness (QED) is 0.903. The van der Waals surface area contributed by atoms with Crippen molar-refractivity contribution in [3.8, 4) is 0 Å². The van der Waals surface area contributed by atoms with Crippen LogP contribution in [-0.4, -0.2) is 17.0 Å². The van der Waals surface area contributed by atoms with E-state index in [1.54, 1.807) is 17.0 Å². The van der Waals surface area contributed by atoms with Crippen LogP contribution in [0.2, 0.25) is 0 Å². The van der Waals surface area contributed by atoms with Crippen molar-refractivity contribution < 1.29 is 13.6 Å². The predicted molar refractivity (Wildman–Crippen MR) is 80.4 cm³/mol. The van der Waals surface area contributed by atoms with Gasteiger partial charge in [0.05, 0.1) is 0 Å². The first kappa shape index (κ1) is 14.5. The van der Waals surface area contributed by atoms with E-state index in [1.165, 1.54) is 36.4 Å². The first-order valence-electron chi connectivity index (χ1n) is 7.19. The molecule has 0 radical (unpaired) electrons. The summed E-state index contributed by atoms with van der Waals surface area (Å²) in [5.41, 5.74) is 1.43. The van der Waals surface area contributed by atoms with E-state index in [9.17, 15) is 13.6 Å². The van der Waals surface area contributed by atoms with Gasteiger partial charge in [-0.1, -0.05) is 12.1 Å². The highest BCUT2D eigenvalue weighted by Gasteiger charge is 2.32. The van der Waals surface area contributed by atoms with Crippen LogP contribution in [0.1, 0.15) is 18.4 Å². The van der Waals surface area contributed by atoms with Crippen LogP contribution in [0, 0.1) is 11.6 Å². The molecule has 0 heterocycles. The normalized spacial score (nSPS) is 13.7. The van der Waals surface area contributed by atoms with E-state index in [0.29, 0.717) is 12.2 Å². The molecule has 0 unspecified atom stereocenters. The maximum atomic E-state index is 13.0. The second-order valence-corrected chi connectivity index (χ2v) is 5.42. The smallest absolute Gasteiger partial charge is 0.317 e. The standard InChI is InChI=1S/C17H16F2N2O/c18-13-3-1-12(2-4-13)11-21(16-9-10-16)17(22)20-15-7-5-14(19)6-8-15/h1-8,16H,9-11H2,(H,20,22). The summed E-state index contributed by atoms with van der Waals surface area (Å²) in [5, 5.41) is 2.77. The topological polar surface area (TPSA) is 32.3 Å². The summed E-state index contributed by atoms with van der Waals surface area (Å²) in [6.07, 6.45) is 1.94. The number of halogens is 2. The molecule has 3 rings (SSSR count). The number of carbonyl (C=O) groups excluding carboxylic acids is 1. The van der Waals surface area contributed by atoms with Gasteiger partial charge in [-0.2, -0.15) is 0 Å². The van der Waals surface area contributed by atoms with Crippen LogP contribution in [0.3, 0.4) is 0 Å². The highest BCUT2D eigenvalue weighted by molar-refractivity contribution is 5.89. The Morgan fingerprint density at radius 1 is 1.00 bits per heavy atom. The molecule has 1 N–H and O–H groups in total. The van der Waals surface area contributed by atoms with Crippen molar-refractivity contribution in [1.29, 1.82) is 0 Å². The van der Waals surface area contributed by atoms with Crippen LogP contribution in [-0.2, 0) is 6.54 Å². The third kappa shape index (κ3) is 3.61. The molecule has 2 aromatic rings. The van der Waals surface area contributed by atoms with Gasteiger partial charge in [0.15, 0.2) is 0 Å². The molecule has 2 aromatic carbocycles. The molecule has 0 atom stereocenters. The number of nitrogens with one attached hydrogen (secondary N) is 1. The monoisotopic (exact) mass is 302 g/mol. The van der Waals surface area contributed by atoms with E-state index >= 15 is 0 Å². The second-order valence-electron chi connectivity index (χ2n) is 5.42. The van der Waals surface area contributed by atoms with Gasteiger partial charge in [0.1, 0.15) is 11.6 Å².